The normalized spacial score (nSPS) is 18.4. The second-order valence-corrected chi connectivity index (χ2v) is 10.2. The molecule has 33 heavy (non-hydrogen) atoms. The second-order valence-electron chi connectivity index (χ2n) is 8.87. The number of nitrogens with zero attached hydrogens (tertiary/aromatic N) is 2. The Hall–Kier alpha value is -2.70. The lowest BCUT2D eigenvalue weighted by Gasteiger charge is -2.28. The van der Waals surface area contributed by atoms with Gasteiger partial charge in [0.25, 0.3) is 0 Å². The van der Waals surface area contributed by atoms with Crippen molar-refractivity contribution in [3.8, 4) is 5.75 Å². The molecule has 1 amide bonds. The van der Waals surface area contributed by atoms with Crippen LogP contribution in [0.5, 0.6) is 5.75 Å². The molecule has 2 atom stereocenters. The predicted octanol–water partition coefficient (Wildman–Crippen LogP) is 5.47. The number of methoxy groups -OCH3 is 1. The molecule has 1 saturated heterocycles. The molecule has 1 fully saturated rings. The zero-order valence-corrected chi connectivity index (χ0v) is 20.3. The van der Waals surface area contributed by atoms with E-state index in [4.69, 9.17) is 4.74 Å². The number of hydrogen-bond donors (Lipinski definition) is 0. The summed E-state index contributed by atoms with van der Waals surface area (Å²) in [5.74, 6) is 1.26. The zero-order valence-electron chi connectivity index (χ0n) is 19.5. The molecule has 2 heterocycles. The summed E-state index contributed by atoms with van der Waals surface area (Å²) in [6, 6.07) is 19.1. The Bertz CT molecular complexity index is 1060. The van der Waals surface area contributed by atoms with Gasteiger partial charge >= 0.3 is 0 Å². The van der Waals surface area contributed by atoms with Crippen molar-refractivity contribution in [2.24, 2.45) is 5.92 Å². The van der Waals surface area contributed by atoms with Crippen LogP contribution in [0.15, 0.2) is 60.7 Å². The highest BCUT2D eigenvalue weighted by molar-refractivity contribution is 7.11. The van der Waals surface area contributed by atoms with E-state index in [2.05, 4.69) is 36.1 Å². The SMILES string of the molecule is COc1ccc(C2CN(Cc3ccc(C)s3)CC2CN(Cc2ccc(F)cc2)C(C)=O)cc1. The van der Waals surface area contributed by atoms with Crippen LogP contribution < -0.4 is 4.74 Å². The van der Waals surface area contributed by atoms with Gasteiger partial charge in [-0.25, -0.2) is 4.39 Å². The number of amides is 1. The number of aryl methyl sites for hydroxylation is 1. The third kappa shape index (κ3) is 6.01. The summed E-state index contributed by atoms with van der Waals surface area (Å²) in [7, 11) is 1.68. The molecular weight excluding hydrogens is 435 g/mol. The molecule has 0 aliphatic carbocycles. The fraction of sp³-hybridized carbons (Fsp3) is 0.370. The molecule has 3 aromatic rings. The minimum absolute atomic E-state index is 0.0418. The van der Waals surface area contributed by atoms with E-state index < -0.39 is 0 Å². The van der Waals surface area contributed by atoms with E-state index in [1.807, 2.05) is 28.4 Å². The minimum Gasteiger partial charge on any atom is -0.497 e. The maximum Gasteiger partial charge on any atom is 0.219 e. The van der Waals surface area contributed by atoms with Gasteiger partial charge < -0.3 is 9.64 Å². The third-order valence-electron chi connectivity index (χ3n) is 6.42. The molecule has 0 saturated carbocycles. The number of carbonyl (C=O) groups excluding carboxylic acids is 1. The molecule has 0 spiro atoms. The highest BCUT2D eigenvalue weighted by Gasteiger charge is 2.35. The molecule has 4 rings (SSSR count). The number of ether oxygens (including phenoxy) is 1. The van der Waals surface area contributed by atoms with Gasteiger partial charge in [0.2, 0.25) is 5.91 Å². The van der Waals surface area contributed by atoms with Gasteiger partial charge in [0.15, 0.2) is 0 Å². The van der Waals surface area contributed by atoms with Gasteiger partial charge in [-0.3, -0.25) is 9.69 Å². The van der Waals surface area contributed by atoms with E-state index in [1.54, 1.807) is 26.2 Å². The quantitative estimate of drug-likeness (QED) is 0.441. The third-order valence-corrected chi connectivity index (χ3v) is 7.41. The molecule has 174 valence electrons. The number of thiophene rings is 1. The van der Waals surface area contributed by atoms with Crippen molar-refractivity contribution in [2.45, 2.75) is 32.9 Å². The summed E-state index contributed by atoms with van der Waals surface area (Å²) < 4.78 is 18.7. The number of likely N-dealkylation sites (tertiary alicyclic amines) is 1. The Labute approximate surface area is 199 Å². The lowest BCUT2D eigenvalue weighted by molar-refractivity contribution is -0.130. The fourth-order valence-corrected chi connectivity index (χ4v) is 5.62. The maximum absolute atomic E-state index is 13.3. The van der Waals surface area contributed by atoms with Crippen LogP contribution in [0.2, 0.25) is 0 Å². The van der Waals surface area contributed by atoms with E-state index in [9.17, 15) is 9.18 Å². The van der Waals surface area contributed by atoms with E-state index in [0.29, 0.717) is 24.9 Å². The summed E-state index contributed by atoms with van der Waals surface area (Å²) in [6.45, 7) is 7.74. The van der Waals surface area contributed by atoms with Crippen LogP contribution in [0.1, 0.15) is 33.7 Å². The lowest BCUT2D eigenvalue weighted by Crippen LogP contribution is -2.35. The Balaban J connectivity index is 1.53. The first-order valence-corrected chi connectivity index (χ1v) is 12.1. The second kappa shape index (κ2) is 10.5. The summed E-state index contributed by atoms with van der Waals surface area (Å²) in [5, 5.41) is 0. The number of benzene rings is 2. The largest absolute Gasteiger partial charge is 0.497 e. The standard InChI is InChI=1S/C27H31FN2O2S/c1-19-4-13-26(33-19)17-29-15-23(27(18-29)22-7-11-25(32-3)12-8-22)16-30(20(2)31)14-21-5-9-24(28)10-6-21/h4-13,23,27H,14-18H2,1-3H3. The highest BCUT2D eigenvalue weighted by Crippen LogP contribution is 2.35. The van der Waals surface area contributed by atoms with Crippen LogP contribution in [0.4, 0.5) is 4.39 Å². The number of rotatable bonds is 8. The Morgan fingerprint density at radius 1 is 1.09 bits per heavy atom. The van der Waals surface area contributed by atoms with Crippen LogP contribution in [0, 0.1) is 18.7 Å². The molecule has 1 aliphatic heterocycles. The smallest absolute Gasteiger partial charge is 0.219 e. The number of hydrogen-bond acceptors (Lipinski definition) is 4. The summed E-state index contributed by atoms with van der Waals surface area (Å²) in [4.78, 5) is 19.6. The van der Waals surface area contributed by atoms with Crippen molar-refractivity contribution in [1.82, 2.24) is 9.80 Å². The Morgan fingerprint density at radius 3 is 2.42 bits per heavy atom. The van der Waals surface area contributed by atoms with Crippen LogP contribution in [-0.4, -0.2) is 42.5 Å². The van der Waals surface area contributed by atoms with Gasteiger partial charge in [0.1, 0.15) is 11.6 Å². The van der Waals surface area contributed by atoms with E-state index in [0.717, 1.165) is 30.9 Å². The molecule has 0 N–H and O–H groups in total. The van der Waals surface area contributed by atoms with Gasteiger partial charge in [0, 0.05) is 55.3 Å². The van der Waals surface area contributed by atoms with E-state index in [-0.39, 0.29) is 11.7 Å². The van der Waals surface area contributed by atoms with Crippen molar-refractivity contribution in [3.63, 3.8) is 0 Å². The lowest BCUT2D eigenvalue weighted by atomic mass is 9.88. The Kier molecular flexibility index (Phi) is 7.46. The molecule has 1 aromatic heterocycles. The molecule has 6 heteroatoms. The molecule has 2 unspecified atom stereocenters. The molecule has 0 radical (unpaired) electrons. The van der Waals surface area contributed by atoms with Crippen molar-refractivity contribution in [2.75, 3.05) is 26.7 Å². The van der Waals surface area contributed by atoms with Crippen LogP contribution in [-0.2, 0) is 17.9 Å². The molecule has 0 bridgehead atoms. The summed E-state index contributed by atoms with van der Waals surface area (Å²) in [6.07, 6.45) is 0. The summed E-state index contributed by atoms with van der Waals surface area (Å²) in [5.41, 5.74) is 2.22. The predicted molar refractivity (Wildman–Crippen MR) is 131 cm³/mol. The number of carbonyl (C=O) groups is 1. The molecule has 1 aliphatic rings. The van der Waals surface area contributed by atoms with Gasteiger partial charge in [-0.05, 0) is 60.4 Å². The van der Waals surface area contributed by atoms with E-state index in [1.165, 1.54) is 27.5 Å². The van der Waals surface area contributed by atoms with E-state index >= 15 is 0 Å². The molecule has 2 aromatic carbocycles. The average molecular weight is 467 g/mol. The first-order valence-electron chi connectivity index (χ1n) is 11.3. The van der Waals surface area contributed by atoms with Crippen LogP contribution in [0.3, 0.4) is 0 Å². The van der Waals surface area contributed by atoms with Gasteiger partial charge in [0.05, 0.1) is 7.11 Å². The average Bonchev–Trinajstić information content (AvgIpc) is 3.40. The van der Waals surface area contributed by atoms with Crippen molar-refractivity contribution >= 4 is 17.2 Å². The van der Waals surface area contributed by atoms with Gasteiger partial charge in [-0.2, -0.15) is 0 Å². The first-order chi connectivity index (χ1) is 15.9. The highest BCUT2D eigenvalue weighted by atomic mass is 32.1. The van der Waals surface area contributed by atoms with Crippen molar-refractivity contribution in [3.05, 3.63) is 87.4 Å². The molecular formula is C27H31FN2O2S. The minimum atomic E-state index is -0.261. The zero-order chi connectivity index (χ0) is 23.4. The maximum atomic E-state index is 13.3. The first kappa shape index (κ1) is 23.5. The van der Waals surface area contributed by atoms with Crippen LogP contribution >= 0.6 is 11.3 Å². The van der Waals surface area contributed by atoms with Gasteiger partial charge in [-0.1, -0.05) is 24.3 Å². The molecule has 4 nitrogen and oxygen atoms in total. The number of halogens is 1. The Morgan fingerprint density at radius 2 is 1.82 bits per heavy atom. The topological polar surface area (TPSA) is 32.8 Å². The van der Waals surface area contributed by atoms with Crippen molar-refractivity contribution < 1.29 is 13.9 Å². The fourth-order valence-electron chi connectivity index (χ4n) is 4.69. The van der Waals surface area contributed by atoms with Crippen molar-refractivity contribution in [1.29, 1.82) is 0 Å². The summed E-state index contributed by atoms with van der Waals surface area (Å²) >= 11 is 1.85. The van der Waals surface area contributed by atoms with Gasteiger partial charge in [-0.15, -0.1) is 11.3 Å². The van der Waals surface area contributed by atoms with Crippen LogP contribution in [0.25, 0.3) is 0 Å². The monoisotopic (exact) mass is 466 g/mol.